The van der Waals surface area contributed by atoms with Crippen molar-refractivity contribution < 1.29 is 4.39 Å². The third kappa shape index (κ3) is 5.23. The van der Waals surface area contributed by atoms with Gasteiger partial charge in [-0.1, -0.05) is 0 Å². The summed E-state index contributed by atoms with van der Waals surface area (Å²) in [6, 6.07) is 7.35. The summed E-state index contributed by atoms with van der Waals surface area (Å²) in [6.45, 7) is 11.1. The van der Waals surface area contributed by atoms with Gasteiger partial charge in [-0.15, -0.1) is 0 Å². The van der Waals surface area contributed by atoms with Crippen LogP contribution in [0, 0.1) is 5.82 Å². The Kier molecular flexibility index (Phi) is 7.06. The van der Waals surface area contributed by atoms with E-state index in [0.717, 1.165) is 68.0 Å². The Hall–Kier alpha value is -2.58. The standard InChI is InChI=1S/C26H36FN7/c1-19(2)33-16-10-22(11-17-33)29-25-23-26(31-24(30-25)20-6-8-21(27)9-7-20)34(18-28-23)15-5-14-32-12-3-4-13-32/h6-9,18-19,22H,3-5,10-17H2,1-2H3,(H,29,30,31). The van der Waals surface area contributed by atoms with Crippen LogP contribution in [0.25, 0.3) is 22.6 Å². The number of hydrogen-bond donors (Lipinski definition) is 1. The molecular weight excluding hydrogens is 429 g/mol. The highest BCUT2D eigenvalue weighted by molar-refractivity contribution is 5.85. The zero-order valence-electron chi connectivity index (χ0n) is 20.4. The third-order valence-corrected chi connectivity index (χ3v) is 7.24. The highest BCUT2D eigenvalue weighted by atomic mass is 19.1. The van der Waals surface area contributed by atoms with Crippen molar-refractivity contribution in [2.24, 2.45) is 0 Å². The predicted molar refractivity (Wildman–Crippen MR) is 134 cm³/mol. The van der Waals surface area contributed by atoms with Gasteiger partial charge in [0.25, 0.3) is 0 Å². The minimum Gasteiger partial charge on any atom is -0.365 e. The van der Waals surface area contributed by atoms with Crippen molar-refractivity contribution >= 4 is 17.0 Å². The van der Waals surface area contributed by atoms with Crippen LogP contribution in [0.1, 0.15) is 46.0 Å². The van der Waals surface area contributed by atoms with Gasteiger partial charge >= 0.3 is 0 Å². The van der Waals surface area contributed by atoms with E-state index in [4.69, 9.17) is 15.0 Å². The minimum absolute atomic E-state index is 0.257. The van der Waals surface area contributed by atoms with E-state index in [1.165, 1.54) is 38.1 Å². The largest absolute Gasteiger partial charge is 0.365 e. The molecule has 0 unspecified atom stereocenters. The van der Waals surface area contributed by atoms with Crippen LogP contribution in [0.3, 0.4) is 0 Å². The highest BCUT2D eigenvalue weighted by Crippen LogP contribution is 2.27. The third-order valence-electron chi connectivity index (χ3n) is 7.24. The van der Waals surface area contributed by atoms with E-state index in [1.807, 2.05) is 6.33 Å². The maximum atomic E-state index is 13.5. The van der Waals surface area contributed by atoms with E-state index >= 15 is 0 Å². The van der Waals surface area contributed by atoms with Crippen LogP contribution in [0.5, 0.6) is 0 Å². The van der Waals surface area contributed by atoms with Gasteiger partial charge in [-0.2, -0.15) is 0 Å². The van der Waals surface area contributed by atoms with Gasteiger partial charge in [0.05, 0.1) is 6.33 Å². The first-order valence-electron chi connectivity index (χ1n) is 12.8. The summed E-state index contributed by atoms with van der Waals surface area (Å²) in [5, 5.41) is 3.68. The number of imidazole rings is 1. The highest BCUT2D eigenvalue weighted by Gasteiger charge is 2.23. The van der Waals surface area contributed by atoms with E-state index in [0.29, 0.717) is 17.9 Å². The lowest BCUT2D eigenvalue weighted by molar-refractivity contribution is 0.177. The molecule has 0 atom stereocenters. The molecule has 0 bridgehead atoms. The molecule has 0 aliphatic carbocycles. The first kappa shape index (κ1) is 23.2. The summed E-state index contributed by atoms with van der Waals surface area (Å²) >= 11 is 0. The summed E-state index contributed by atoms with van der Waals surface area (Å²) in [4.78, 5) is 19.5. The lowest BCUT2D eigenvalue weighted by Gasteiger charge is -2.35. The molecule has 0 radical (unpaired) electrons. The molecule has 2 aromatic heterocycles. The van der Waals surface area contributed by atoms with Gasteiger partial charge in [0.2, 0.25) is 0 Å². The monoisotopic (exact) mass is 465 g/mol. The average molecular weight is 466 g/mol. The van der Waals surface area contributed by atoms with Crippen LogP contribution in [0.15, 0.2) is 30.6 Å². The molecule has 0 saturated carbocycles. The molecule has 2 fully saturated rings. The van der Waals surface area contributed by atoms with Crippen molar-refractivity contribution in [3.05, 3.63) is 36.4 Å². The predicted octanol–water partition coefficient (Wildman–Crippen LogP) is 4.40. The number of likely N-dealkylation sites (tertiary alicyclic amines) is 2. The van der Waals surface area contributed by atoms with Gasteiger partial charge in [0, 0.05) is 37.3 Å². The Bertz CT molecular complexity index is 1080. The van der Waals surface area contributed by atoms with E-state index < -0.39 is 0 Å². The fourth-order valence-electron chi connectivity index (χ4n) is 5.16. The minimum atomic E-state index is -0.257. The molecule has 7 nitrogen and oxygen atoms in total. The van der Waals surface area contributed by atoms with Gasteiger partial charge in [-0.3, -0.25) is 0 Å². The Morgan fingerprint density at radius 2 is 1.74 bits per heavy atom. The lowest BCUT2D eigenvalue weighted by atomic mass is 10.0. The Morgan fingerprint density at radius 3 is 2.44 bits per heavy atom. The van der Waals surface area contributed by atoms with E-state index in [-0.39, 0.29) is 5.82 Å². The molecule has 2 aliphatic rings. The quantitative estimate of drug-likeness (QED) is 0.532. The zero-order valence-corrected chi connectivity index (χ0v) is 20.4. The van der Waals surface area contributed by atoms with Crippen molar-refractivity contribution in [1.82, 2.24) is 29.3 Å². The lowest BCUT2D eigenvalue weighted by Crippen LogP contribution is -2.42. The Balaban J connectivity index is 1.40. The van der Waals surface area contributed by atoms with Crippen LogP contribution in [-0.4, -0.2) is 74.1 Å². The number of nitrogens with one attached hydrogen (secondary N) is 1. The molecule has 8 heteroatoms. The number of nitrogens with zero attached hydrogens (tertiary/aromatic N) is 6. The van der Waals surface area contributed by atoms with Crippen molar-refractivity contribution in [1.29, 1.82) is 0 Å². The summed E-state index contributed by atoms with van der Waals surface area (Å²) in [7, 11) is 0. The molecule has 2 aliphatic heterocycles. The van der Waals surface area contributed by atoms with Gasteiger partial charge in [-0.25, -0.2) is 19.3 Å². The van der Waals surface area contributed by atoms with Crippen molar-refractivity contribution in [3.63, 3.8) is 0 Å². The van der Waals surface area contributed by atoms with Crippen molar-refractivity contribution in [2.45, 2.75) is 64.6 Å². The Morgan fingerprint density at radius 1 is 1.00 bits per heavy atom. The Labute approximate surface area is 201 Å². The fourth-order valence-corrected chi connectivity index (χ4v) is 5.16. The number of halogens is 1. The molecule has 5 rings (SSSR count). The first-order chi connectivity index (χ1) is 16.6. The number of rotatable bonds is 8. The molecule has 1 aromatic carbocycles. The van der Waals surface area contributed by atoms with Gasteiger partial charge in [0.15, 0.2) is 17.3 Å². The maximum absolute atomic E-state index is 13.5. The molecule has 0 amide bonds. The number of fused-ring (bicyclic) bond motifs is 1. The number of aromatic nitrogens is 4. The van der Waals surface area contributed by atoms with Gasteiger partial charge < -0.3 is 19.7 Å². The molecule has 34 heavy (non-hydrogen) atoms. The van der Waals surface area contributed by atoms with Crippen molar-refractivity contribution in [3.8, 4) is 11.4 Å². The molecule has 0 spiro atoms. The molecule has 4 heterocycles. The topological polar surface area (TPSA) is 62.1 Å². The maximum Gasteiger partial charge on any atom is 0.166 e. The number of anilines is 1. The van der Waals surface area contributed by atoms with E-state index in [9.17, 15) is 4.39 Å². The molecular formula is C26H36FN7. The number of benzene rings is 1. The summed E-state index contributed by atoms with van der Waals surface area (Å²) in [5.74, 6) is 1.13. The summed E-state index contributed by atoms with van der Waals surface area (Å²) in [5.41, 5.74) is 2.47. The second kappa shape index (κ2) is 10.4. The van der Waals surface area contributed by atoms with E-state index in [2.05, 4.69) is 33.5 Å². The smallest absolute Gasteiger partial charge is 0.166 e. The van der Waals surface area contributed by atoms with Crippen LogP contribution >= 0.6 is 0 Å². The first-order valence-corrected chi connectivity index (χ1v) is 12.8. The summed E-state index contributed by atoms with van der Waals surface area (Å²) < 4.78 is 15.7. The van der Waals surface area contributed by atoms with Gasteiger partial charge in [-0.05, 0) is 89.9 Å². The molecule has 2 saturated heterocycles. The second-order valence-electron chi connectivity index (χ2n) is 9.96. The number of hydrogen-bond acceptors (Lipinski definition) is 6. The average Bonchev–Trinajstić information content (AvgIpc) is 3.50. The van der Waals surface area contributed by atoms with Crippen LogP contribution in [0.4, 0.5) is 10.2 Å². The molecule has 1 N–H and O–H groups in total. The van der Waals surface area contributed by atoms with Crippen LogP contribution in [-0.2, 0) is 6.54 Å². The SMILES string of the molecule is CC(C)N1CCC(Nc2nc(-c3ccc(F)cc3)nc3c2ncn3CCCN2CCCC2)CC1. The van der Waals surface area contributed by atoms with Crippen LogP contribution < -0.4 is 5.32 Å². The normalized spacial score (nSPS) is 18.4. The number of piperidine rings is 1. The summed E-state index contributed by atoms with van der Waals surface area (Å²) in [6.07, 6.45) is 7.74. The number of aryl methyl sites for hydroxylation is 1. The fraction of sp³-hybridized carbons (Fsp3) is 0.577. The van der Waals surface area contributed by atoms with Crippen molar-refractivity contribution in [2.75, 3.05) is 38.0 Å². The molecule has 182 valence electrons. The second-order valence-corrected chi connectivity index (χ2v) is 9.96. The van der Waals surface area contributed by atoms with E-state index in [1.54, 1.807) is 12.1 Å². The molecule has 3 aromatic rings. The zero-order chi connectivity index (χ0) is 23.5. The van der Waals surface area contributed by atoms with Crippen LogP contribution in [0.2, 0.25) is 0 Å². The van der Waals surface area contributed by atoms with Gasteiger partial charge in [0.1, 0.15) is 11.3 Å².